The zero-order chi connectivity index (χ0) is 20.9. The van der Waals surface area contributed by atoms with E-state index in [0.717, 1.165) is 10.9 Å². The van der Waals surface area contributed by atoms with Crippen molar-refractivity contribution in [1.29, 1.82) is 0 Å². The van der Waals surface area contributed by atoms with Gasteiger partial charge in [0.1, 0.15) is 5.65 Å². The SMILES string of the molecule is CC(=O)c1cn(C)c2nc(N3CC(C(=O)Nc4ncc(C)s4)C3)c(F)cc2c1=O. The molecular formula is C19H18FN5O3S. The summed E-state index contributed by atoms with van der Waals surface area (Å²) >= 11 is 1.39. The van der Waals surface area contributed by atoms with Crippen LogP contribution in [0.4, 0.5) is 15.3 Å². The number of carbonyl (C=O) groups excluding carboxylic acids is 2. The molecule has 10 heteroatoms. The van der Waals surface area contributed by atoms with Gasteiger partial charge in [0.15, 0.2) is 22.5 Å². The summed E-state index contributed by atoms with van der Waals surface area (Å²) in [6.45, 7) is 3.81. The number of aryl methyl sites for hydroxylation is 2. The van der Waals surface area contributed by atoms with E-state index in [2.05, 4.69) is 15.3 Å². The van der Waals surface area contributed by atoms with Gasteiger partial charge in [-0.15, -0.1) is 11.3 Å². The summed E-state index contributed by atoms with van der Waals surface area (Å²) in [6.07, 6.45) is 3.09. The van der Waals surface area contributed by atoms with Gasteiger partial charge in [-0.05, 0) is 19.9 Å². The highest BCUT2D eigenvalue weighted by atomic mass is 32.1. The Labute approximate surface area is 169 Å². The number of aromatic nitrogens is 3. The molecular weight excluding hydrogens is 397 g/mol. The second kappa shape index (κ2) is 7.03. The predicted molar refractivity (Wildman–Crippen MR) is 108 cm³/mol. The monoisotopic (exact) mass is 415 g/mol. The molecule has 0 atom stereocenters. The van der Waals surface area contributed by atoms with Crippen LogP contribution in [0.25, 0.3) is 11.0 Å². The molecule has 1 amide bonds. The van der Waals surface area contributed by atoms with Crippen LogP contribution in [0.2, 0.25) is 0 Å². The molecule has 0 aliphatic carbocycles. The fourth-order valence-corrected chi connectivity index (χ4v) is 3.94. The van der Waals surface area contributed by atoms with Gasteiger partial charge in [-0.1, -0.05) is 0 Å². The summed E-state index contributed by atoms with van der Waals surface area (Å²) in [5.74, 6) is -1.44. The summed E-state index contributed by atoms with van der Waals surface area (Å²) in [5.41, 5.74) is -0.266. The first-order valence-electron chi connectivity index (χ1n) is 8.93. The van der Waals surface area contributed by atoms with Gasteiger partial charge in [0, 0.05) is 37.4 Å². The minimum absolute atomic E-state index is 0.00735. The van der Waals surface area contributed by atoms with Crippen LogP contribution in [0.5, 0.6) is 0 Å². The third kappa shape index (κ3) is 3.39. The maximum absolute atomic E-state index is 14.7. The van der Waals surface area contributed by atoms with Crippen molar-refractivity contribution in [2.75, 3.05) is 23.3 Å². The van der Waals surface area contributed by atoms with Crippen molar-refractivity contribution < 1.29 is 14.0 Å². The molecule has 0 saturated carbocycles. The Morgan fingerprint density at radius 2 is 2.07 bits per heavy atom. The van der Waals surface area contributed by atoms with E-state index in [9.17, 15) is 18.8 Å². The summed E-state index contributed by atoms with van der Waals surface area (Å²) in [5, 5.41) is 3.36. The Kier molecular flexibility index (Phi) is 4.65. The molecule has 8 nitrogen and oxygen atoms in total. The number of halogens is 1. The number of anilines is 2. The van der Waals surface area contributed by atoms with Crippen molar-refractivity contribution >= 4 is 45.0 Å². The lowest BCUT2D eigenvalue weighted by Gasteiger charge is -2.39. The van der Waals surface area contributed by atoms with E-state index in [1.165, 1.54) is 29.0 Å². The smallest absolute Gasteiger partial charge is 0.232 e. The Morgan fingerprint density at radius 3 is 2.69 bits per heavy atom. The Hall–Kier alpha value is -3.14. The molecule has 3 aromatic heterocycles. The van der Waals surface area contributed by atoms with Crippen LogP contribution in [-0.4, -0.2) is 39.3 Å². The van der Waals surface area contributed by atoms with Gasteiger partial charge in [-0.2, -0.15) is 0 Å². The number of Topliss-reactive ketones (excluding diaryl/α,β-unsaturated/α-hetero) is 1. The highest BCUT2D eigenvalue weighted by Crippen LogP contribution is 2.28. The molecule has 150 valence electrons. The number of amides is 1. The lowest BCUT2D eigenvalue weighted by molar-refractivity contribution is -0.120. The first-order chi connectivity index (χ1) is 13.7. The van der Waals surface area contributed by atoms with Crippen molar-refractivity contribution in [1.82, 2.24) is 14.5 Å². The van der Waals surface area contributed by atoms with Gasteiger partial charge in [0.2, 0.25) is 11.3 Å². The maximum Gasteiger partial charge on any atom is 0.232 e. The number of pyridine rings is 2. The van der Waals surface area contributed by atoms with Gasteiger partial charge < -0.3 is 14.8 Å². The summed E-state index contributed by atoms with van der Waals surface area (Å²) < 4.78 is 16.2. The number of nitrogens with one attached hydrogen (secondary N) is 1. The average Bonchev–Trinajstić information content (AvgIpc) is 3.02. The lowest BCUT2D eigenvalue weighted by Crippen LogP contribution is -2.52. The van der Waals surface area contributed by atoms with Crippen molar-refractivity contribution in [3.8, 4) is 0 Å². The molecule has 0 spiro atoms. The minimum atomic E-state index is -0.662. The zero-order valence-corrected chi connectivity index (χ0v) is 16.8. The van der Waals surface area contributed by atoms with Crippen LogP contribution in [-0.2, 0) is 11.8 Å². The Morgan fingerprint density at radius 1 is 1.34 bits per heavy atom. The number of hydrogen-bond acceptors (Lipinski definition) is 7. The number of nitrogens with zero attached hydrogens (tertiary/aromatic N) is 4. The molecule has 1 aliphatic rings. The van der Waals surface area contributed by atoms with Crippen molar-refractivity contribution in [2.45, 2.75) is 13.8 Å². The van der Waals surface area contributed by atoms with Crippen LogP contribution in [0.15, 0.2) is 23.3 Å². The molecule has 3 aromatic rings. The topological polar surface area (TPSA) is 97.2 Å². The molecule has 1 saturated heterocycles. The largest absolute Gasteiger partial charge is 0.352 e. The van der Waals surface area contributed by atoms with E-state index in [-0.39, 0.29) is 40.0 Å². The maximum atomic E-state index is 14.7. The fourth-order valence-electron chi connectivity index (χ4n) is 3.27. The van der Waals surface area contributed by atoms with E-state index in [1.807, 2.05) is 6.92 Å². The minimum Gasteiger partial charge on any atom is -0.352 e. The van der Waals surface area contributed by atoms with Gasteiger partial charge in [0.05, 0.1) is 16.9 Å². The van der Waals surface area contributed by atoms with Gasteiger partial charge >= 0.3 is 0 Å². The normalized spacial score (nSPS) is 14.1. The van der Waals surface area contributed by atoms with E-state index >= 15 is 0 Å². The van der Waals surface area contributed by atoms with Crippen molar-refractivity contribution in [3.05, 3.63) is 44.9 Å². The van der Waals surface area contributed by atoms with Crippen LogP contribution in [0, 0.1) is 18.7 Å². The molecule has 0 unspecified atom stereocenters. The quantitative estimate of drug-likeness (QED) is 0.656. The number of hydrogen-bond donors (Lipinski definition) is 1. The number of fused-ring (bicyclic) bond motifs is 1. The number of thiazole rings is 1. The summed E-state index contributed by atoms with van der Waals surface area (Å²) in [7, 11) is 1.64. The van der Waals surface area contributed by atoms with Gasteiger partial charge in [0.25, 0.3) is 0 Å². The van der Waals surface area contributed by atoms with Crippen LogP contribution in [0.3, 0.4) is 0 Å². The van der Waals surface area contributed by atoms with E-state index in [4.69, 9.17) is 0 Å². The second-order valence-corrected chi connectivity index (χ2v) is 8.31. The van der Waals surface area contributed by atoms with Crippen LogP contribution < -0.4 is 15.6 Å². The molecule has 1 aliphatic heterocycles. The third-order valence-corrected chi connectivity index (χ3v) is 5.69. The van der Waals surface area contributed by atoms with Crippen molar-refractivity contribution in [2.24, 2.45) is 13.0 Å². The number of carbonyl (C=O) groups is 2. The first-order valence-corrected chi connectivity index (χ1v) is 9.75. The molecule has 0 bridgehead atoms. The zero-order valence-electron chi connectivity index (χ0n) is 16.0. The molecule has 4 heterocycles. The number of rotatable bonds is 4. The van der Waals surface area contributed by atoms with Crippen molar-refractivity contribution in [3.63, 3.8) is 0 Å². The van der Waals surface area contributed by atoms with E-state index in [0.29, 0.717) is 18.2 Å². The second-order valence-electron chi connectivity index (χ2n) is 7.07. The highest BCUT2D eigenvalue weighted by Gasteiger charge is 2.35. The molecule has 29 heavy (non-hydrogen) atoms. The Bertz CT molecular complexity index is 1210. The third-order valence-electron chi connectivity index (χ3n) is 4.87. The molecule has 0 aromatic carbocycles. The standard InChI is InChI=1S/C19H18FN5O3S/c1-9-5-21-19(29-9)23-18(28)11-6-25(7-11)17-14(20)4-12-15(27)13(10(2)26)8-24(3)16(12)22-17/h4-5,8,11H,6-7H2,1-3H3,(H,21,23,28). The summed E-state index contributed by atoms with van der Waals surface area (Å²) in [4.78, 5) is 47.4. The highest BCUT2D eigenvalue weighted by molar-refractivity contribution is 7.15. The van der Waals surface area contributed by atoms with E-state index in [1.54, 1.807) is 18.1 Å². The molecule has 0 radical (unpaired) electrons. The Balaban J connectivity index is 1.56. The van der Waals surface area contributed by atoms with Crippen LogP contribution >= 0.6 is 11.3 Å². The molecule has 1 fully saturated rings. The predicted octanol–water partition coefficient (Wildman–Crippen LogP) is 2.12. The first kappa shape index (κ1) is 19.2. The fraction of sp³-hybridized carbons (Fsp3) is 0.316. The molecule has 1 N–H and O–H groups in total. The molecule has 4 rings (SSSR count). The van der Waals surface area contributed by atoms with Gasteiger partial charge in [-0.25, -0.2) is 14.4 Å². The van der Waals surface area contributed by atoms with E-state index < -0.39 is 11.2 Å². The average molecular weight is 415 g/mol. The lowest BCUT2D eigenvalue weighted by atomic mass is 9.99. The summed E-state index contributed by atoms with van der Waals surface area (Å²) in [6, 6.07) is 1.11. The van der Waals surface area contributed by atoms with Crippen LogP contribution in [0.1, 0.15) is 22.2 Å². The van der Waals surface area contributed by atoms with Gasteiger partial charge in [-0.3, -0.25) is 14.4 Å². The number of ketones is 1.